The van der Waals surface area contributed by atoms with Crippen molar-refractivity contribution in [3.8, 4) is 0 Å². The molecule has 0 aliphatic heterocycles. The van der Waals surface area contributed by atoms with Crippen molar-refractivity contribution in [1.29, 1.82) is 0 Å². The molecule has 0 unspecified atom stereocenters. The zero-order chi connectivity index (χ0) is 20.1. The van der Waals surface area contributed by atoms with Crippen LogP contribution in [0.5, 0.6) is 0 Å². The van der Waals surface area contributed by atoms with Crippen molar-refractivity contribution in [3.63, 3.8) is 0 Å². The van der Waals surface area contributed by atoms with Crippen molar-refractivity contribution in [2.24, 2.45) is 0 Å². The summed E-state index contributed by atoms with van der Waals surface area (Å²) in [6, 6.07) is 12.2. The number of nitrogens with zero attached hydrogens (tertiary/aromatic N) is 2. The lowest BCUT2D eigenvalue weighted by atomic mass is 10.2. The molecule has 0 radical (unpaired) electrons. The maximum atomic E-state index is 13.2. The Hall–Kier alpha value is -3.52. The van der Waals surface area contributed by atoms with Gasteiger partial charge in [-0.1, -0.05) is 11.6 Å². The molecular formula is C19H15ClFN5O2. The molecule has 3 aromatic rings. The monoisotopic (exact) mass is 399 g/mol. The zero-order valence-corrected chi connectivity index (χ0v) is 15.4. The highest BCUT2D eigenvalue weighted by atomic mass is 35.5. The van der Waals surface area contributed by atoms with Gasteiger partial charge in [-0.2, -0.15) is 0 Å². The Bertz CT molecular complexity index is 1030. The van der Waals surface area contributed by atoms with E-state index in [1.54, 1.807) is 24.3 Å². The number of amides is 2. The van der Waals surface area contributed by atoms with Gasteiger partial charge in [-0.15, -0.1) is 0 Å². The molecule has 0 spiro atoms. The van der Waals surface area contributed by atoms with Crippen LogP contribution in [0.25, 0.3) is 0 Å². The molecule has 3 rings (SSSR count). The molecule has 1 heterocycles. The lowest BCUT2D eigenvalue weighted by Gasteiger charge is -2.08. The van der Waals surface area contributed by atoms with Crippen LogP contribution in [-0.4, -0.2) is 21.8 Å². The highest BCUT2D eigenvalue weighted by molar-refractivity contribution is 6.31. The topological polar surface area (TPSA) is 96.0 Å². The molecule has 2 aromatic carbocycles. The fourth-order valence-corrected chi connectivity index (χ4v) is 2.46. The van der Waals surface area contributed by atoms with Crippen LogP contribution in [-0.2, 0) is 4.79 Å². The van der Waals surface area contributed by atoms with E-state index in [1.807, 2.05) is 0 Å². The highest BCUT2D eigenvalue weighted by Gasteiger charge is 2.10. The molecule has 0 atom stereocenters. The number of rotatable bonds is 5. The van der Waals surface area contributed by atoms with Crippen molar-refractivity contribution < 1.29 is 14.0 Å². The predicted octanol–water partition coefficient (Wildman–Crippen LogP) is 4.22. The molecule has 0 aliphatic carbocycles. The third-order valence-electron chi connectivity index (χ3n) is 3.53. The Labute approximate surface area is 165 Å². The molecule has 1 aromatic heterocycles. The quantitative estimate of drug-likeness (QED) is 0.596. The molecule has 0 fully saturated rings. The predicted molar refractivity (Wildman–Crippen MR) is 105 cm³/mol. The molecule has 28 heavy (non-hydrogen) atoms. The number of halogens is 2. The lowest BCUT2D eigenvalue weighted by Crippen LogP contribution is -2.15. The first-order valence-corrected chi connectivity index (χ1v) is 8.52. The second-order valence-corrected chi connectivity index (χ2v) is 6.14. The van der Waals surface area contributed by atoms with Crippen LogP contribution in [0.4, 0.5) is 27.4 Å². The molecule has 0 saturated carbocycles. The Balaban J connectivity index is 1.69. The van der Waals surface area contributed by atoms with E-state index in [0.29, 0.717) is 17.1 Å². The summed E-state index contributed by atoms with van der Waals surface area (Å²) in [5.41, 5.74) is 1.78. The second-order valence-electron chi connectivity index (χ2n) is 5.73. The fraction of sp³-hybridized carbons (Fsp3) is 0.0526. The molecule has 9 heteroatoms. The van der Waals surface area contributed by atoms with E-state index in [1.165, 1.54) is 37.4 Å². The standard InChI is InChI=1S/C19H15ClFN5O2/c1-11(27)23-12-2-4-13(5-3-12)24-18(28)17-8-9-22-19(26-17)25-14-6-7-16(21)15(20)10-14/h2-10H,1H3,(H,23,27)(H,24,28)(H,22,25,26). The number of hydrogen-bond donors (Lipinski definition) is 3. The second kappa shape index (κ2) is 8.45. The number of benzene rings is 2. The SMILES string of the molecule is CC(=O)Nc1ccc(NC(=O)c2ccnc(Nc3ccc(F)c(Cl)c3)n2)cc1. The molecule has 142 valence electrons. The fourth-order valence-electron chi connectivity index (χ4n) is 2.28. The molecule has 0 bridgehead atoms. The van der Waals surface area contributed by atoms with Gasteiger partial charge in [0, 0.05) is 30.2 Å². The largest absolute Gasteiger partial charge is 0.326 e. The average molecular weight is 400 g/mol. The van der Waals surface area contributed by atoms with Gasteiger partial charge >= 0.3 is 0 Å². The minimum absolute atomic E-state index is 0.0402. The van der Waals surface area contributed by atoms with Gasteiger partial charge in [0.1, 0.15) is 11.5 Å². The number of hydrogen-bond acceptors (Lipinski definition) is 5. The molecular weight excluding hydrogens is 385 g/mol. The third-order valence-corrected chi connectivity index (χ3v) is 3.82. The van der Waals surface area contributed by atoms with Gasteiger partial charge in [-0.25, -0.2) is 14.4 Å². The van der Waals surface area contributed by atoms with Gasteiger partial charge in [0.05, 0.1) is 5.02 Å². The first-order chi connectivity index (χ1) is 13.4. The third kappa shape index (κ3) is 5.01. The van der Waals surface area contributed by atoms with Gasteiger partial charge in [0.2, 0.25) is 11.9 Å². The van der Waals surface area contributed by atoms with Gasteiger partial charge < -0.3 is 16.0 Å². The summed E-state index contributed by atoms with van der Waals surface area (Å²) < 4.78 is 13.2. The molecule has 3 N–H and O–H groups in total. The lowest BCUT2D eigenvalue weighted by molar-refractivity contribution is -0.114. The van der Waals surface area contributed by atoms with Crippen LogP contribution in [0.2, 0.25) is 5.02 Å². The van der Waals surface area contributed by atoms with Gasteiger partial charge in [0.25, 0.3) is 5.91 Å². The Kier molecular flexibility index (Phi) is 5.81. The van der Waals surface area contributed by atoms with Crippen molar-refractivity contribution in [1.82, 2.24) is 9.97 Å². The van der Waals surface area contributed by atoms with Crippen LogP contribution in [0.15, 0.2) is 54.7 Å². The van der Waals surface area contributed by atoms with E-state index in [0.717, 1.165) is 0 Å². The maximum absolute atomic E-state index is 13.2. The van der Waals surface area contributed by atoms with Gasteiger partial charge in [0.15, 0.2) is 0 Å². The molecule has 0 saturated heterocycles. The first kappa shape index (κ1) is 19.2. The number of nitrogens with one attached hydrogen (secondary N) is 3. The summed E-state index contributed by atoms with van der Waals surface area (Å²) in [6.07, 6.45) is 1.43. The molecule has 2 amide bonds. The van der Waals surface area contributed by atoms with E-state index in [2.05, 4.69) is 25.9 Å². The summed E-state index contributed by atoms with van der Waals surface area (Å²) in [5.74, 6) is -0.989. The summed E-state index contributed by atoms with van der Waals surface area (Å²) in [4.78, 5) is 31.6. The number of carbonyl (C=O) groups excluding carboxylic acids is 2. The van der Waals surface area contributed by atoms with E-state index >= 15 is 0 Å². The van der Waals surface area contributed by atoms with Crippen molar-refractivity contribution in [2.45, 2.75) is 6.92 Å². The van der Waals surface area contributed by atoms with Crippen LogP contribution >= 0.6 is 11.6 Å². The smallest absolute Gasteiger partial charge is 0.274 e. The van der Waals surface area contributed by atoms with E-state index in [-0.39, 0.29) is 22.6 Å². The minimum Gasteiger partial charge on any atom is -0.326 e. The molecule has 0 aliphatic rings. The highest BCUT2D eigenvalue weighted by Crippen LogP contribution is 2.21. The van der Waals surface area contributed by atoms with E-state index in [9.17, 15) is 14.0 Å². The van der Waals surface area contributed by atoms with Crippen LogP contribution in [0.3, 0.4) is 0 Å². The Morgan fingerprint density at radius 2 is 1.61 bits per heavy atom. The summed E-state index contributed by atoms with van der Waals surface area (Å²) >= 11 is 5.75. The summed E-state index contributed by atoms with van der Waals surface area (Å²) in [7, 11) is 0. The van der Waals surface area contributed by atoms with Crippen LogP contribution < -0.4 is 16.0 Å². The number of carbonyl (C=O) groups is 2. The zero-order valence-electron chi connectivity index (χ0n) is 14.7. The van der Waals surface area contributed by atoms with Crippen LogP contribution in [0, 0.1) is 5.82 Å². The normalized spacial score (nSPS) is 10.2. The maximum Gasteiger partial charge on any atom is 0.274 e. The van der Waals surface area contributed by atoms with E-state index in [4.69, 9.17) is 11.6 Å². The Morgan fingerprint density at radius 3 is 2.25 bits per heavy atom. The van der Waals surface area contributed by atoms with E-state index < -0.39 is 11.7 Å². The minimum atomic E-state index is -0.536. The average Bonchev–Trinajstić information content (AvgIpc) is 2.66. The van der Waals surface area contributed by atoms with Crippen molar-refractivity contribution in [2.75, 3.05) is 16.0 Å². The summed E-state index contributed by atoms with van der Waals surface area (Å²) in [5, 5.41) is 8.17. The molecule has 7 nitrogen and oxygen atoms in total. The van der Waals surface area contributed by atoms with Crippen LogP contribution in [0.1, 0.15) is 17.4 Å². The number of aromatic nitrogens is 2. The Morgan fingerprint density at radius 1 is 0.964 bits per heavy atom. The van der Waals surface area contributed by atoms with Gasteiger partial charge in [-0.05, 0) is 48.5 Å². The van der Waals surface area contributed by atoms with Crippen molar-refractivity contribution in [3.05, 3.63) is 71.3 Å². The number of anilines is 4. The van der Waals surface area contributed by atoms with Crippen molar-refractivity contribution >= 4 is 46.4 Å². The summed E-state index contributed by atoms with van der Waals surface area (Å²) in [6.45, 7) is 1.41. The first-order valence-electron chi connectivity index (χ1n) is 8.15. The van der Waals surface area contributed by atoms with Gasteiger partial charge in [-0.3, -0.25) is 9.59 Å².